The fourth-order valence-electron chi connectivity index (χ4n) is 3.59. The summed E-state index contributed by atoms with van der Waals surface area (Å²) in [7, 11) is 0. The van der Waals surface area contributed by atoms with E-state index in [1.54, 1.807) is 26.1 Å². The molecule has 2 N–H and O–H groups in total. The Morgan fingerprint density at radius 2 is 1.79 bits per heavy atom. The SMILES string of the molecule is Cc1ccc(Oc2ccnc(Nc3cccc(CC(C)(C)C(=O)O)c3)c2)c(-c2ccccc2)n1. The third-order valence-corrected chi connectivity index (χ3v) is 5.43. The van der Waals surface area contributed by atoms with Gasteiger partial charge >= 0.3 is 5.97 Å². The number of hydrogen-bond donors (Lipinski definition) is 2. The largest absolute Gasteiger partial charge is 0.481 e. The number of benzene rings is 2. The third kappa shape index (κ3) is 5.59. The van der Waals surface area contributed by atoms with Crippen LogP contribution in [0.4, 0.5) is 11.5 Å². The molecule has 0 aliphatic rings. The first-order chi connectivity index (χ1) is 16.3. The van der Waals surface area contributed by atoms with Crippen molar-refractivity contribution in [2.75, 3.05) is 5.32 Å². The number of hydrogen-bond acceptors (Lipinski definition) is 5. The van der Waals surface area contributed by atoms with E-state index in [0.29, 0.717) is 23.7 Å². The van der Waals surface area contributed by atoms with Crippen molar-refractivity contribution in [2.45, 2.75) is 27.2 Å². The second-order valence-corrected chi connectivity index (χ2v) is 8.84. The molecular formula is C28H27N3O3. The molecule has 34 heavy (non-hydrogen) atoms. The standard InChI is InChI=1S/C28H27N3O3/c1-19-12-13-24(26(30-19)21-9-5-4-6-10-21)34-23-14-15-29-25(17-23)31-22-11-7-8-20(16-22)18-28(2,3)27(32)33/h4-17H,18H2,1-3H3,(H,29,31)(H,32,33). The van der Waals surface area contributed by atoms with Crippen molar-refractivity contribution >= 4 is 17.5 Å². The number of aryl methyl sites for hydroxylation is 1. The minimum atomic E-state index is -0.844. The molecule has 0 saturated carbocycles. The number of aliphatic carboxylic acids is 1. The van der Waals surface area contributed by atoms with Crippen molar-refractivity contribution in [3.63, 3.8) is 0 Å². The Morgan fingerprint density at radius 3 is 2.56 bits per heavy atom. The molecule has 0 unspecified atom stereocenters. The fourth-order valence-corrected chi connectivity index (χ4v) is 3.59. The number of carboxylic acid groups (broad SMARTS) is 1. The zero-order valence-electron chi connectivity index (χ0n) is 19.4. The Bertz CT molecular complexity index is 1300. The highest BCUT2D eigenvalue weighted by atomic mass is 16.5. The van der Waals surface area contributed by atoms with Crippen LogP contribution in [0.2, 0.25) is 0 Å². The molecule has 0 amide bonds. The number of nitrogens with zero attached hydrogens (tertiary/aromatic N) is 2. The second kappa shape index (κ2) is 9.75. The number of rotatable bonds is 8. The summed E-state index contributed by atoms with van der Waals surface area (Å²) in [5, 5.41) is 12.7. The van der Waals surface area contributed by atoms with Gasteiger partial charge in [-0.2, -0.15) is 0 Å². The number of carbonyl (C=O) groups is 1. The number of ether oxygens (including phenoxy) is 1. The molecule has 2 aromatic carbocycles. The first-order valence-corrected chi connectivity index (χ1v) is 11.1. The molecule has 0 aliphatic heterocycles. The first-order valence-electron chi connectivity index (χ1n) is 11.1. The van der Waals surface area contributed by atoms with Crippen LogP contribution in [0, 0.1) is 12.3 Å². The third-order valence-electron chi connectivity index (χ3n) is 5.43. The van der Waals surface area contributed by atoms with E-state index in [0.717, 1.165) is 28.2 Å². The molecule has 4 aromatic rings. The molecule has 0 aliphatic carbocycles. The molecule has 4 rings (SSSR count). The zero-order chi connectivity index (χ0) is 24.1. The van der Waals surface area contributed by atoms with Crippen LogP contribution in [0.1, 0.15) is 25.1 Å². The van der Waals surface area contributed by atoms with Gasteiger partial charge in [-0.25, -0.2) is 9.97 Å². The summed E-state index contributed by atoms with van der Waals surface area (Å²) in [6.07, 6.45) is 2.11. The van der Waals surface area contributed by atoms with Crippen LogP contribution in [0.5, 0.6) is 11.5 Å². The van der Waals surface area contributed by atoms with E-state index in [1.165, 1.54) is 0 Å². The Labute approximate surface area is 199 Å². The van der Waals surface area contributed by atoms with Crippen LogP contribution in [0.15, 0.2) is 85.1 Å². The van der Waals surface area contributed by atoms with E-state index in [4.69, 9.17) is 4.74 Å². The Morgan fingerprint density at radius 1 is 1.00 bits per heavy atom. The van der Waals surface area contributed by atoms with Gasteiger partial charge in [0, 0.05) is 29.2 Å². The highest BCUT2D eigenvalue weighted by Crippen LogP contribution is 2.33. The topological polar surface area (TPSA) is 84.3 Å². The predicted molar refractivity (Wildman–Crippen MR) is 134 cm³/mol. The highest BCUT2D eigenvalue weighted by molar-refractivity contribution is 5.74. The molecule has 6 heteroatoms. The van der Waals surface area contributed by atoms with Crippen LogP contribution in [-0.4, -0.2) is 21.0 Å². The molecular weight excluding hydrogens is 426 g/mol. The van der Waals surface area contributed by atoms with Gasteiger partial charge in [-0.15, -0.1) is 0 Å². The number of nitrogens with one attached hydrogen (secondary N) is 1. The fraction of sp³-hybridized carbons (Fsp3) is 0.179. The van der Waals surface area contributed by atoms with Gasteiger partial charge in [-0.3, -0.25) is 4.79 Å². The van der Waals surface area contributed by atoms with Gasteiger partial charge in [0.1, 0.15) is 17.3 Å². The zero-order valence-corrected chi connectivity index (χ0v) is 19.4. The summed E-state index contributed by atoms with van der Waals surface area (Å²) in [5.41, 5.74) is 3.58. The highest BCUT2D eigenvalue weighted by Gasteiger charge is 2.27. The van der Waals surface area contributed by atoms with Crippen molar-refractivity contribution in [1.82, 2.24) is 9.97 Å². The van der Waals surface area contributed by atoms with Crippen LogP contribution in [0.3, 0.4) is 0 Å². The van der Waals surface area contributed by atoms with Gasteiger partial charge in [-0.1, -0.05) is 42.5 Å². The summed E-state index contributed by atoms with van der Waals surface area (Å²) in [4.78, 5) is 20.6. The van der Waals surface area contributed by atoms with Gasteiger partial charge in [0.15, 0.2) is 5.75 Å². The average Bonchev–Trinajstić information content (AvgIpc) is 2.81. The maximum Gasteiger partial charge on any atom is 0.309 e. The molecule has 0 spiro atoms. The van der Waals surface area contributed by atoms with E-state index in [2.05, 4.69) is 15.3 Å². The van der Waals surface area contributed by atoms with E-state index in [1.807, 2.05) is 79.7 Å². The van der Waals surface area contributed by atoms with Crippen LogP contribution in [0.25, 0.3) is 11.3 Å². The Balaban J connectivity index is 1.54. The van der Waals surface area contributed by atoms with Gasteiger partial charge in [-0.05, 0) is 63.1 Å². The predicted octanol–water partition coefficient (Wildman–Crippen LogP) is 6.64. The molecule has 0 radical (unpaired) electrons. The van der Waals surface area contributed by atoms with Crippen molar-refractivity contribution in [2.24, 2.45) is 5.41 Å². The lowest BCUT2D eigenvalue weighted by Crippen LogP contribution is -2.26. The number of aromatic nitrogens is 2. The Kier molecular flexibility index (Phi) is 6.59. The van der Waals surface area contributed by atoms with Crippen molar-refractivity contribution in [3.05, 3.63) is 96.3 Å². The quantitative estimate of drug-likeness (QED) is 0.311. The van der Waals surface area contributed by atoms with Gasteiger partial charge in [0.25, 0.3) is 0 Å². The van der Waals surface area contributed by atoms with Crippen LogP contribution < -0.4 is 10.1 Å². The minimum Gasteiger partial charge on any atom is -0.481 e. The van der Waals surface area contributed by atoms with Crippen molar-refractivity contribution in [1.29, 1.82) is 0 Å². The Hall–Kier alpha value is -4.19. The second-order valence-electron chi connectivity index (χ2n) is 8.84. The monoisotopic (exact) mass is 453 g/mol. The molecule has 0 atom stereocenters. The van der Waals surface area contributed by atoms with E-state index in [9.17, 15) is 9.90 Å². The summed E-state index contributed by atoms with van der Waals surface area (Å²) in [6.45, 7) is 5.40. The summed E-state index contributed by atoms with van der Waals surface area (Å²) < 4.78 is 6.21. The van der Waals surface area contributed by atoms with Crippen molar-refractivity contribution < 1.29 is 14.6 Å². The van der Waals surface area contributed by atoms with Gasteiger partial charge in [0.05, 0.1) is 5.41 Å². The average molecular weight is 454 g/mol. The summed E-state index contributed by atoms with van der Waals surface area (Å²) >= 11 is 0. The van der Waals surface area contributed by atoms with E-state index in [-0.39, 0.29) is 0 Å². The molecule has 172 valence electrons. The molecule has 0 bridgehead atoms. The lowest BCUT2D eigenvalue weighted by atomic mass is 9.86. The van der Waals surface area contributed by atoms with Gasteiger partial charge < -0.3 is 15.2 Å². The molecule has 2 heterocycles. The van der Waals surface area contributed by atoms with E-state index < -0.39 is 11.4 Å². The number of carboxylic acids is 1. The van der Waals surface area contributed by atoms with Crippen LogP contribution in [-0.2, 0) is 11.2 Å². The van der Waals surface area contributed by atoms with Crippen molar-refractivity contribution in [3.8, 4) is 22.8 Å². The smallest absolute Gasteiger partial charge is 0.309 e. The molecule has 2 aromatic heterocycles. The van der Waals surface area contributed by atoms with E-state index >= 15 is 0 Å². The minimum absolute atomic E-state index is 0.428. The summed E-state index contributed by atoms with van der Waals surface area (Å²) in [5.74, 6) is 1.08. The molecule has 0 fully saturated rings. The molecule has 0 saturated heterocycles. The lowest BCUT2D eigenvalue weighted by molar-refractivity contribution is -0.146. The number of anilines is 2. The van der Waals surface area contributed by atoms with Gasteiger partial charge in [0.2, 0.25) is 0 Å². The normalized spacial score (nSPS) is 11.1. The maximum absolute atomic E-state index is 11.5. The number of pyridine rings is 2. The first kappa shape index (κ1) is 23.0. The maximum atomic E-state index is 11.5. The van der Waals surface area contributed by atoms with Crippen LogP contribution >= 0.6 is 0 Å². The lowest BCUT2D eigenvalue weighted by Gasteiger charge is -2.19. The molecule has 6 nitrogen and oxygen atoms in total. The summed E-state index contributed by atoms with van der Waals surface area (Å²) in [6, 6.07) is 25.1.